The van der Waals surface area contributed by atoms with Gasteiger partial charge in [0.05, 0.1) is 11.1 Å². The smallest absolute Gasteiger partial charge is 0.233 e. The van der Waals surface area contributed by atoms with E-state index in [9.17, 15) is 4.79 Å². The Labute approximate surface area is 251 Å². The van der Waals surface area contributed by atoms with Crippen molar-refractivity contribution < 1.29 is 4.79 Å². The number of fused-ring (bicyclic) bond motifs is 3. The molecule has 2 bridgehead atoms. The first-order chi connectivity index (χ1) is 20.1. The normalized spacial score (nSPS) is 19.1. The summed E-state index contributed by atoms with van der Waals surface area (Å²) in [6, 6.07) is 16.4. The number of hydrogen-bond donors (Lipinski definition) is 2. The number of carbonyl (C=O) groups excluding carboxylic acids is 1. The molecule has 0 spiro atoms. The van der Waals surface area contributed by atoms with E-state index in [1.807, 2.05) is 12.4 Å². The second kappa shape index (κ2) is 11.3. The number of pyridine rings is 1. The fraction of sp³-hybridized carbons (Fsp3) is 0.459. The zero-order valence-electron chi connectivity index (χ0n) is 26.2. The minimum Gasteiger partial charge on any atom is -0.354 e. The number of nitrogens with zero attached hydrogens (tertiary/aromatic N) is 2. The average molecular weight is 563 g/mol. The van der Waals surface area contributed by atoms with Gasteiger partial charge in [0.15, 0.2) is 0 Å². The van der Waals surface area contributed by atoms with E-state index in [1.54, 1.807) is 0 Å². The maximum atomic E-state index is 14.0. The molecule has 4 heterocycles. The molecule has 220 valence electrons. The van der Waals surface area contributed by atoms with Crippen LogP contribution in [0.3, 0.4) is 0 Å². The summed E-state index contributed by atoms with van der Waals surface area (Å²) in [6.07, 6.45) is 9.36. The van der Waals surface area contributed by atoms with Crippen molar-refractivity contribution in [1.82, 2.24) is 20.2 Å². The molecule has 5 heteroatoms. The third-order valence-electron chi connectivity index (χ3n) is 10.3. The fourth-order valence-corrected chi connectivity index (χ4v) is 7.41. The molecule has 2 aromatic carbocycles. The standard InChI is InChI=1S/C37H46N4O/c1-23-19-28(20-24(2)26(23)4)35-34(25(3)22-39-18-15-27-13-16-38-17-14-27)32-21-29(7-12-33(32)40-35)37(5,6)36(42)41-30-8-9-31(41)11-10-30/h7,12-14,16-17,19-21,25,30-31,39-40H,8-11,15,18,22H2,1-6H3/t25-,30?,31?/m1/s1. The third kappa shape index (κ3) is 5.17. The Morgan fingerprint density at radius 2 is 1.64 bits per heavy atom. The van der Waals surface area contributed by atoms with Gasteiger partial charge in [0, 0.05) is 41.9 Å². The van der Waals surface area contributed by atoms with Crippen molar-refractivity contribution >= 4 is 16.8 Å². The molecule has 2 aliphatic rings. The Morgan fingerprint density at radius 3 is 2.29 bits per heavy atom. The molecule has 6 rings (SSSR count). The van der Waals surface area contributed by atoms with Crippen molar-refractivity contribution in [2.24, 2.45) is 0 Å². The van der Waals surface area contributed by atoms with E-state index >= 15 is 0 Å². The minimum absolute atomic E-state index is 0.275. The number of aromatic amines is 1. The van der Waals surface area contributed by atoms with Gasteiger partial charge in [-0.15, -0.1) is 0 Å². The van der Waals surface area contributed by atoms with Crippen molar-refractivity contribution in [3.8, 4) is 11.3 Å². The first-order valence-electron chi connectivity index (χ1n) is 15.8. The molecule has 0 saturated carbocycles. The van der Waals surface area contributed by atoms with Crippen molar-refractivity contribution in [2.75, 3.05) is 13.1 Å². The van der Waals surface area contributed by atoms with Crippen LogP contribution < -0.4 is 5.32 Å². The van der Waals surface area contributed by atoms with Crippen LogP contribution in [0.5, 0.6) is 0 Å². The number of rotatable bonds is 9. The number of amides is 1. The molecule has 2 fully saturated rings. The minimum atomic E-state index is -0.572. The van der Waals surface area contributed by atoms with Gasteiger partial charge in [-0.25, -0.2) is 0 Å². The summed E-state index contributed by atoms with van der Waals surface area (Å²) in [6.45, 7) is 15.0. The quantitative estimate of drug-likeness (QED) is 0.207. The summed E-state index contributed by atoms with van der Waals surface area (Å²) in [7, 11) is 0. The topological polar surface area (TPSA) is 61.0 Å². The SMILES string of the molecule is Cc1cc(-c2[nH]c3ccc(C(C)(C)C(=O)N4C5CCC4CC5)cc3c2[C@H](C)CNCCc2ccncc2)cc(C)c1C. The summed E-state index contributed by atoms with van der Waals surface area (Å²) in [5.74, 6) is 0.566. The van der Waals surface area contributed by atoms with Gasteiger partial charge in [-0.3, -0.25) is 9.78 Å². The van der Waals surface area contributed by atoms with Gasteiger partial charge in [-0.2, -0.15) is 0 Å². The number of H-pyrrole nitrogens is 1. The molecule has 42 heavy (non-hydrogen) atoms. The second-order valence-corrected chi connectivity index (χ2v) is 13.4. The molecule has 0 aliphatic carbocycles. The van der Waals surface area contributed by atoms with Crippen LogP contribution in [0.25, 0.3) is 22.2 Å². The molecule has 0 radical (unpaired) electrons. The van der Waals surface area contributed by atoms with Crippen LogP contribution in [-0.2, 0) is 16.6 Å². The fourth-order valence-electron chi connectivity index (χ4n) is 7.41. The molecule has 0 unspecified atom stereocenters. The molecular weight excluding hydrogens is 516 g/mol. The van der Waals surface area contributed by atoms with E-state index in [4.69, 9.17) is 0 Å². The lowest BCUT2D eigenvalue weighted by Gasteiger charge is -2.33. The van der Waals surface area contributed by atoms with Crippen LogP contribution in [0, 0.1) is 20.8 Å². The van der Waals surface area contributed by atoms with Gasteiger partial charge in [0.2, 0.25) is 5.91 Å². The summed E-state index contributed by atoms with van der Waals surface area (Å²) in [5.41, 5.74) is 10.7. The molecule has 1 amide bonds. The monoisotopic (exact) mass is 562 g/mol. The number of carbonyl (C=O) groups is 1. The third-order valence-corrected chi connectivity index (χ3v) is 10.3. The Kier molecular flexibility index (Phi) is 7.74. The molecule has 2 aliphatic heterocycles. The summed E-state index contributed by atoms with van der Waals surface area (Å²) >= 11 is 0. The van der Waals surface area contributed by atoms with Gasteiger partial charge in [-0.05, 0) is 155 Å². The molecule has 2 saturated heterocycles. The van der Waals surface area contributed by atoms with Crippen LogP contribution in [-0.4, -0.2) is 45.9 Å². The van der Waals surface area contributed by atoms with Crippen molar-refractivity contribution in [3.05, 3.63) is 88.2 Å². The van der Waals surface area contributed by atoms with Crippen LogP contribution in [0.2, 0.25) is 0 Å². The maximum Gasteiger partial charge on any atom is 0.233 e. The molecule has 1 atom stereocenters. The van der Waals surface area contributed by atoms with E-state index in [0.29, 0.717) is 18.0 Å². The van der Waals surface area contributed by atoms with Crippen LogP contribution in [0.15, 0.2) is 54.9 Å². The molecule has 2 aromatic heterocycles. The Hall–Kier alpha value is -3.44. The predicted octanol–water partition coefficient (Wildman–Crippen LogP) is 7.52. The number of aromatic nitrogens is 2. The van der Waals surface area contributed by atoms with Gasteiger partial charge in [-0.1, -0.05) is 13.0 Å². The molecule has 5 nitrogen and oxygen atoms in total. The first kappa shape index (κ1) is 28.7. The van der Waals surface area contributed by atoms with Crippen LogP contribution in [0.4, 0.5) is 0 Å². The van der Waals surface area contributed by atoms with E-state index in [-0.39, 0.29) is 5.92 Å². The highest BCUT2D eigenvalue weighted by molar-refractivity contribution is 5.95. The van der Waals surface area contributed by atoms with Crippen molar-refractivity contribution in [1.29, 1.82) is 0 Å². The van der Waals surface area contributed by atoms with E-state index < -0.39 is 5.41 Å². The zero-order valence-corrected chi connectivity index (χ0v) is 26.2. The summed E-state index contributed by atoms with van der Waals surface area (Å²) in [5, 5.41) is 4.95. The van der Waals surface area contributed by atoms with Gasteiger partial charge in [0.25, 0.3) is 0 Å². The van der Waals surface area contributed by atoms with Crippen molar-refractivity contribution in [2.45, 2.75) is 97.1 Å². The zero-order chi connectivity index (χ0) is 29.6. The predicted molar refractivity (Wildman–Crippen MR) is 173 cm³/mol. The highest BCUT2D eigenvalue weighted by Gasteiger charge is 2.47. The van der Waals surface area contributed by atoms with E-state index in [0.717, 1.165) is 56.3 Å². The number of benzene rings is 2. The van der Waals surface area contributed by atoms with Gasteiger partial charge in [0.1, 0.15) is 0 Å². The van der Waals surface area contributed by atoms with Crippen LogP contribution in [0.1, 0.15) is 85.8 Å². The highest BCUT2D eigenvalue weighted by Crippen LogP contribution is 2.43. The first-order valence-corrected chi connectivity index (χ1v) is 15.8. The van der Waals surface area contributed by atoms with Gasteiger partial charge < -0.3 is 15.2 Å². The van der Waals surface area contributed by atoms with E-state index in [2.05, 4.69) is 104 Å². The molecule has 4 aromatic rings. The molecule has 2 N–H and O–H groups in total. The van der Waals surface area contributed by atoms with Gasteiger partial charge >= 0.3 is 0 Å². The number of nitrogens with one attached hydrogen (secondary N) is 2. The largest absolute Gasteiger partial charge is 0.354 e. The van der Waals surface area contributed by atoms with Crippen LogP contribution >= 0.6 is 0 Å². The summed E-state index contributed by atoms with van der Waals surface area (Å²) < 4.78 is 0. The maximum absolute atomic E-state index is 14.0. The average Bonchev–Trinajstić information content (AvgIpc) is 3.70. The second-order valence-electron chi connectivity index (χ2n) is 13.4. The Bertz CT molecular complexity index is 1560. The Balaban J connectivity index is 1.35. The number of aryl methyl sites for hydroxylation is 2. The Morgan fingerprint density at radius 1 is 1.00 bits per heavy atom. The number of hydrogen-bond acceptors (Lipinski definition) is 3. The van der Waals surface area contributed by atoms with Crippen molar-refractivity contribution in [3.63, 3.8) is 0 Å². The molecular formula is C37H46N4O. The van der Waals surface area contributed by atoms with E-state index in [1.165, 1.54) is 44.5 Å². The highest BCUT2D eigenvalue weighted by atomic mass is 16.2. The lowest BCUT2D eigenvalue weighted by molar-refractivity contribution is -0.137. The lowest BCUT2D eigenvalue weighted by Crippen LogP contribution is -2.45. The lowest BCUT2D eigenvalue weighted by atomic mass is 9.81. The summed E-state index contributed by atoms with van der Waals surface area (Å²) in [4.78, 5) is 24.2.